The number of likely N-dealkylation sites (tertiary alicyclic amines) is 1. The van der Waals surface area contributed by atoms with Gasteiger partial charge in [-0.05, 0) is 33.4 Å². The Morgan fingerprint density at radius 3 is 2.82 bits per heavy atom. The molecule has 0 saturated carbocycles. The highest BCUT2D eigenvalue weighted by Gasteiger charge is 2.20. The van der Waals surface area contributed by atoms with Crippen molar-refractivity contribution in [2.24, 2.45) is 0 Å². The lowest BCUT2D eigenvalue weighted by Crippen LogP contribution is -2.29. The highest BCUT2D eigenvalue weighted by molar-refractivity contribution is 4.74. The molecule has 1 aliphatic rings. The fraction of sp³-hybridized carbons (Fsp3) is 1.00. The summed E-state index contributed by atoms with van der Waals surface area (Å²) in [6.07, 6.45) is 2.53. The van der Waals surface area contributed by atoms with Gasteiger partial charge in [0.15, 0.2) is 0 Å². The molecule has 0 aromatic rings. The number of rotatable bonds is 4. The molecule has 1 aliphatic heterocycles. The predicted molar refractivity (Wildman–Crippen MR) is 43.2 cm³/mol. The topological polar surface area (TPSA) is 21.7 Å². The molecule has 3 nitrogen and oxygen atoms in total. The molecule has 0 radical (unpaired) electrons. The number of likely N-dealkylation sites (N-methyl/N-ethyl adjacent to an activating group) is 1. The quantitative estimate of drug-likeness (QED) is 0.347. The Bertz CT molecular complexity index is 108. The molecule has 66 valence electrons. The minimum absolute atomic E-state index is 0.571. The first-order valence-corrected chi connectivity index (χ1v) is 4.29. The van der Waals surface area contributed by atoms with Crippen LogP contribution in [0.5, 0.6) is 0 Å². The summed E-state index contributed by atoms with van der Waals surface area (Å²) < 4.78 is 0. The molecule has 1 saturated heterocycles. The monoisotopic (exact) mass is 159 g/mol. The van der Waals surface area contributed by atoms with E-state index in [1.807, 2.05) is 6.92 Å². The van der Waals surface area contributed by atoms with Crippen molar-refractivity contribution in [3.05, 3.63) is 0 Å². The van der Waals surface area contributed by atoms with E-state index in [1.165, 1.54) is 19.4 Å². The van der Waals surface area contributed by atoms with Crippen molar-refractivity contribution in [3.8, 4) is 0 Å². The van der Waals surface area contributed by atoms with E-state index < -0.39 is 0 Å². The summed E-state index contributed by atoms with van der Waals surface area (Å²) >= 11 is 0. The van der Waals surface area contributed by atoms with E-state index in [9.17, 15) is 0 Å². The minimum atomic E-state index is 0.571. The zero-order chi connectivity index (χ0) is 8.10. The van der Waals surface area contributed by atoms with E-state index in [1.54, 1.807) is 0 Å². The number of nitrogens with zero attached hydrogens (tertiary/aromatic N) is 1. The smallest absolute Gasteiger partial charge is 0.0977 e. The van der Waals surface area contributed by atoms with Gasteiger partial charge in [0.25, 0.3) is 0 Å². The second-order valence-corrected chi connectivity index (χ2v) is 2.97. The number of hydrogen-bond acceptors (Lipinski definition) is 3. The van der Waals surface area contributed by atoms with Crippen molar-refractivity contribution in [3.63, 3.8) is 0 Å². The van der Waals surface area contributed by atoms with E-state index >= 15 is 0 Å². The zero-order valence-electron chi connectivity index (χ0n) is 7.38. The van der Waals surface area contributed by atoms with Crippen molar-refractivity contribution >= 4 is 0 Å². The van der Waals surface area contributed by atoms with Crippen molar-refractivity contribution in [1.29, 1.82) is 0 Å². The first-order valence-electron chi connectivity index (χ1n) is 4.29. The van der Waals surface area contributed by atoms with Crippen molar-refractivity contribution in [1.82, 2.24) is 4.90 Å². The predicted octanol–water partition coefficient (Wildman–Crippen LogP) is 1.05. The summed E-state index contributed by atoms with van der Waals surface area (Å²) in [5.41, 5.74) is 0. The van der Waals surface area contributed by atoms with Gasteiger partial charge in [-0.2, -0.15) is 0 Å². The average Bonchev–Trinajstić information content (AvgIpc) is 2.37. The van der Waals surface area contributed by atoms with E-state index in [-0.39, 0.29) is 0 Å². The third-order valence-electron chi connectivity index (χ3n) is 2.13. The van der Waals surface area contributed by atoms with Gasteiger partial charge in [0.2, 0.25) is 0 Å². The van der Waals surface area contributed by atoms with E-state index in [0.29, 0.717) is 19.3 Å². The molecule has 0 bridgehead atoms. The molecule has 11 heavy (non-hydrogen) atoms. The van der Waals surface area contributed by atoms with Gasteiger partial charge >= 0.3 is 0 Å². The Labute approximate surface area is 68.2 Å². The van der Waals surface area contributed by atoms with Crippen LogP contribution in [0.25, 0.3) is 0 Å². The van der Waals surface area contributed by atoms with E-state index in [0.717, 1.165) is 0 Å². The normalized spacial score (nSPS) is 26.2. The fourth-order valence-electron chi connectivity index (χ4n) is 1.40. The molecule has 1 heterocycles. The largest absolute Gasteiger partial charge is 0.301 e. The summed E-state index contributed by atoms with van der Waals surface area (Å²) in [4.78, 5) is 12.1. The highest BCUT2D eigenvalue weighted by atomic mass is 17.2. The Morgan fingerprint density at radius 2 is 2.27 bits per heavy atom. The molecular weight excluding hydrogens is 142 g/mol. The van der Waals surface area contributed by atoms with Crippen LogP contribution < -0.4 is 0 Å². The molecular formula is C8H17NO2. The molecule has 0 aliphatic carbocycles. The Morgan fingerprint density at radius 1 is 1.45 bits per heavy atom. The van der Waals surface area contributed by atoms with Crippen LogP contribution in [-0.2, 0) is 9.78 Å². The van der Waals surface area contributed by atoms with Gasteiger partial charge in [-0.25, -0.2) is 9.78 Å². The summed E-state index contributed by atoms with van der Waals surface area (Å²) in [7, 11) is 2.13. The van der Waals surface area contributed by atoms with Crippen molar-refractivity contribution in [2.45, 2.75) is 25.8 Å². The van der Waals surface area contributed by atoms with Crippen LogP contribution >= 0.6 is 0 Å². The van der Waals surface area contributed by atoms with Crippen LogP contribution in [0.2, 0.25) is 0 Å². The van der Waals surface area contributed by atoms with Gasteiger partial charge in [-0.1, -0.05) is 0 Å². The Balaban J connectivity index is 2.05. The van der Waals surface area contributed by atoms with E-state index in [2.05, 4.69) is 11.9 Å². The van der Waals surface area contributed by atoms with Gasteiger partial charge in [-0.3, -0.25) is 0 Å². The van der Waals surface area contributed by atoms with Crippen LogP contribution in [0, 0.1) is 0 Å². The molecule has 3 heteroatoms. The van der Waals surface area contributed by atoms with E-state index in [4.69, 9.17) is 9.78 Å². The lowest BCUT2D eigenvalue weighted by atomic mass is 10.2. The van der Waals surface area contributed by atoms with Crippen molar-refractivity contribution in [2.75, 3.05) is 26.8 Å². The Kier molecular flexibility index (Phi) is 3.83. The van der Waals surface area contributed by atoms with Crippen molar-refractivity contribution < 1.29 is 9.78 Å². The second kappa shape index (κ2) is 4.70. The molecule has 0 spiro atoms. The molecule has 0 aromatic heterocycles. The number of hydrogen-bond donors (Lipinski definition) is 0. The maximum atomic E-state index is 5.00. The summed E-state index contributed by atoms with van der Waals surface area (Å²) in [6.45, 7) is 4.47. The minimum Gasteiger partial charge on any atom is -0.301 e. The SMILES string of the molecule is CCOOCC1CCCN1C. The van der Waals surface area contributed by atoms with Crippen LogP contribution in [-0.4, -0.2) is 37.7 Å². The van der Waals surface area contributed by atoms with Crippen LogP contribution in [0.1, 0.15) is 19.8 Å². The fourth-order valence-corrected chi connectivity index (χ4v) is 1.40. The van der Waals surface area contributed by atoms with Gasteiger partial charge < -0.3 is 4.90 Å². The zero-order valence-corrected chi connectivity index (χ0v) is 7.38. The summed E-state index contributed by atoms with van der Waals surface area (Å²) in [6, 6.07) is 0.571. The van der Waals surface area contributed by atoms with Gasteiger partial charge in [0, 0.05) is 6.04 Å². The summed E-state index contributed by atoms with van der Waals surface area (Å²) in [5, 5.41) is 0. The molecule has 0 aromatic carbocycles. The average molecular weight is 159 g/mol. The second-order valence-electron chi connectivity index (χ2n) is 2.97. The maximum Gasteiger partial charge on any atom is 0.0977 e. The Hall–Kier alpha value is -0.120. The van der Waals surface area contributed by atoms with Gasteiger partial charge in [0.1, 0.15) is 0 Å². The lowest BCUT2D eigenvalue weighted by Gasteiger charge is -2.17. The van der Waals surface area contributed by atoms with Crippen LogP contribution in [0.4, 0.5) is 0 Å². The molecule has 1 unspecified atom stereocenters. The maximum absolute atomic E-state index is 5.00. The van der Waals surface area contributed by atoms with Gasteiger partial charge in [-0.15, -0.1) is 0 Å². The summed E-state index contributed by atoms with van der Waals surface area (Å²) in [5.74, 6) is 0. The highest BCUT2D eigenvalue weighted by Crippen LogP contribution is 2.14. The first-order chi connectivity index (χ1) is 5.34. The van der Waals surface area contributed by atoms with Crippen LogP contribution in [0.15, 0.2) is 0 Å². The molecule has 1 atom stereocenters. The standard InChI is InChI=1S/C8H17NO2/c1-3-10-11-7-8-5-4-6-9(8)2/h8H,3-7H2,1-2H3. The molecule has 0 N–H and O–H groups in total. The third-order valence-corrected chi connectivity index (χ3v) is 2.13. The lowest BCUT2D eigenvalue weighted by molar-refractivity contribution is -0.296. The molecule has 0 amide bonds. The first kappa shape index (κ1) is 8.97. The molecule has 1 fully saturated rings. The molecule has 1 rings (SSSR count). The van der Waals surface area contributed by atoms with Crippen LogP contribution in [0.3, 0.4) is 0 Å². The van der Waals surface area contributed by atoms with Gasteiger partial charge in [0.05, 0.1) is 13.2 Å². The third kappa shape index (κ3) is 2.77.